The molecule has 1 fully saturated rings. The van der Waals surface area contributed by atoms with Crippen LogP contribution in [0.3, 0.4) is 0 Å². The van der Waals surface area contributed by atoms with Gasteiger partial charge in [-0.05, 0) is 78.4 Å². The summed E-state index contributed by atoms with van der Waals surface area (Å²) < 4.78 is 2.47. The number of fused-ring (bicyclic) bond motifs is 6. The monoisotopic (exact) mass is 696 g/mol. The summed E-state index contributed by atoms with van der Waals surface area (Å²) in [6.07, 6.45) is 11.8. The maximum Gasteiger partial charge on any atom is 0.333 e. The molecule has 4 aromatic rings. The number of carbonyl (C=O) groups excluding carboxylic acids is 3. The lowest BCUT2D eigenvalue weighted by molar-refractivity contribution is -0.438. The van der Waals surface area contributed by atoms with Crippen molar-refractivity contribution in [1.29, 1.82) is 0 Å². The fourth-order valence-corrected chi connectivity index (χ4v) is 8.62. The average molecular weight is 697 g/mol. The highest BCUT2D eigenvalue weighted by molar-refractivity contribution is 6.08. The molecule has 0 radical (unpaired) electrons. The normalized spacial score (nSPS) is 18.4. The Morgan fingerprint density at radius 2 is 1.44 bits per heavy atom. The SMILES string of the molecule is CCCCN1/C(=C/C=C/C2=[N+](CCCCCC(=O)ON3C(=O)CCC3=O)c3ccc4ccccc4c3C2(C)C)C(C)(C)c2c1ccc1ccccc21. The Balaban J connectivity index is 1.18. The molecule has 268 valence electrons. The maximum absolute atomic E-state index is 12.4. The molecule has 0 N–H and O–H groups in total. The van der Waals surface area contributed by atoms with E-state index in [1.165, 1.54) is 55.5 Å². The molecule has 7 nitrogen and oxygen atoms in total. The van der Waals surface area contributed by atoms with E-state index in [-0.39, 0.29) is 30.1 Å². The van der Waals surface area contributed by atoms with Crippen LogP contribution in [0.2, 0.25) is 0 Å². The molecule has 4 aromatic carbocycles. The maximum atomic E-state index is 12.4. The highest BCUT2D eigenvalue weighted by atomic mass is 16.7. The molecule has 3 aliphatic heterocycles. The summed E-state index contributed by atoms with van der Waals surface area (Å²) in [5, 5.41) is 5.74. The fraction of sp³-hybridized carbons (Fsp3) is 0.378. The Kier molecular flexibility index (Phi) is 9.64. The summed E-state index contributed by atoms with van der Waals surface area (Å²) in [5.74, 6) is -1.43. The Hall–Kier alpha value is -5.04. The predicted octanol–water partition coefficient (Wildman–Crippen LogP) is 9.57. The van der Waals surface area contributed by atoms with Gasteiger partial charge in [0.2, 0.25) is 5.69 Å². The molecule has 0 unspecified atom stereocenters. The number of carbonyl (C=O) groups is 3. The minimum absolute atomic E-state index is 0.0964. The Labute approximate surface area is 307 Å². The van der Waals surface area contributed by atoms with Gasteiger partial charge in [0.25, 0.3) is 11.8 Å². The van der Waals surface area contributed by atoms with Crippen LogP contribution in [0.15, 0.2) is 96.7 Å². The number of hydrogen-bond acceptors (Lipinski definition) is 5. The van der Waals surface area contributed by atoms with Crippen LogP contribution in [0.1, 0.15) is 97.1 Å². The van der Waals surface area contributed by atoms with Crippen molar-refractivity contribution >= 4 is 56.4 Å². The zero-order chi connectivity index (χ0) is 36.6. The number of anilines is 1. The number of hydrogen-bond donors (Lipinski definition) is 0. The first-order chi connectivity index (χ1) is 25.0. The van der Waals surface area contributed by atoms with Crippen molar-refractivity contribution in [3.8, 4) is 0 Å². The van der Waals surface area contributed by atoms with Gasteiger partial charge in [-0.3, -0.25) is 9.59 Å². The largest absolute Gasteiger partial charge is 0.344 e. The number of nitrogens with zero attached hydrogens (tertiary/aromatic N) is 3. The summed E-state index contributed by atoms with van der Waals surface area (Å²) in [6.45, 7) is 13.4. The fourth-order valence-electron chi connectivity index (χ4n) is 8.62. The van der Waals surface area contributed by atoms with Crippen LogP contribution in [-0.4, -0.2) is 46.2 Å². The van der Waals surface area contributed by atoms with Crippen molar-refractivity contribution in [2.24, 2.45) is 0 Å². The molecule has 2 amide bonds. The molecular formula is C45H50N3O4+. The third-order valence-corrected chi connectivity index (χ3v) is 11.2. The van der Waals surface area contributed by atoms with E-state index in [9.17, 15) is 14.4 Å². The Morgan fingerprint density at radius 1 is 0.788 bits per heavy atom. The van der Waals surface area contributed by atoms with Crippen LogP contribution in [-0.2, 0) is 30.1 Å². The second-order valence-corrected chi connectivity index (χ2v) is 15.4. The molecule has 3 heterocycles. The zero-order valence-electron chi connectivity index (χ0n) is 31.2. The van der Waals surface area contributed by atoms with Crippen molar-refractivity contribution < 1.29 is 23.8 Å². The number of hydroxylamine groups is 2. The summed E-state index contributed by atoms with van der Waals surface area (Å²) in [6, 6.07) is 26.4. The molecule has 0 aliphatic carbocycles. The lowest BCUT2D eigenvalue weighted by Gasteiger charge is -2.27. The molecule has 0 aromatic heterocycles. The number of allylic oxidation sites excluding steroid dienone is 4. The smallest absolute Gasteiger partial charge is 0.333 e. The van der Waals surface area contributed by atoms with Gasteiger partial charge in [0.05, 0.1) is 5.41 Å². The first-order valence-electron chi connectivity index (χ1n) is 19.0. The molecule has 0 bridgehead atoms. The minimum Gasteiger partial charge on any atom is -0.344 e. The highest BCUT2D eigenvalue weighted by Crippen LogP contribution is 2.51. The summed E-state index contributed by atoms with van der Waals surface area (Å²) in [7, 11) is 0. The standard InChI is InChI=1S/C45H50N3O4/c1-6-7-29-46-35-25-23-31-16-10-12-18-33(31)42(35)44(2,3)37(46)20-15-21-38-45(4,5)43-34-19-13-11-17-32(34)24-26-36(43)47(38)30-14-8-9-22-41(51)52-48-39(49)27-28-40(48)50/h10-13,15-21,23-26H,6-9,14,22,27-30H2,1-5H3/q+1. The van der Waals surface area contributed by atoms with Gasteiger partial charge in [-0.1, -0.05) is 87.9 Å². The molecule has 0 spiro atoms. The van der Waals surface area contributed by atoms with Gasteiger partial charge in [0.1, 0.15) is 6.54 Å². The van der Waals surface area contributed by atoms with Crippen molar-refractivity contribution in [3.63, 3.8) is 0 Å². The van der Waals surface area contributed by atoms with E-state index in [1.54, 1.807) is 0 Å². The van der Waals surface area contributed by atoms with Gasteiger partial charge in [-0.15, -0.1) is 5.06 Å². The van der Waals surface area contributed by atoms with Crippen LogP contribution < -0.4 is 4.90 Å². The molecule has 1 saturated heterocycles. The third-order valence-electron chi connectivity index (χ3n) is 11.2. The van der Waals surface area contributed by atoms with Gasteiger partial charge in [-0.2, -0.15) is 4.58 Å². The van der Waals surface area contributed by atoms with E-state index in [0.717, 1.165) is 38.8 Å². The Bertz CT molecular complexity index is 2160. The van der Waals surface area contributed by atoms with Gasteiger partial charge in [0.15, 0.2) is 5.71 Å². The quantitative estimate of drug-likeness (QED) is 0.0839. The van der Waals surface area contributed by atoms with Crippen molar-refractivity contribution in [2.45, 2.75) is 96.8 Å². The summed E-state index contributed by atoms with van der Waals surface area (Å²) in [4.78, 5) is 43.8. The first-order valence-corrected chi connectivity index (χ1v) is 19.0. The summed E-state index contributed by atoms with van der Waals surface area (Å²) in [5.41, 5.74) is 7.44. The number of benzene rings is 4. The van der Waals surface area contributed by atoms with Crippen LogP contribution in [0, 0.1) is 0 Å². The third kappa shape index (κ3) is 6.24. The van der Waals surface area contributed by atoms with E-state index in [0.29, 0.717) is 11.5 Å². The minimum atomic E-state index is -0.538. The van der Waals surface area contributed by atoms with Crippen molar-refractivity contribution in [2.75, 3.05) is 18.0 Å². The van der Waals surface area contributed by atoms with Crippen LogP contribution >= 0.6 is 0 Å². The van der Waals surface area contributed by atoms with E-state index in [2.05, 4.69) is 135 Å². The average Bonchev–Trinajstić information content (AvgIpc) is 3.65. The van der Waals surface area contributed by atoms with Crippen LogP contribution in [0.4, 0.5) is 11.4 Å². The number of unbranched alkanes of at least 4 members (excludes halogenated alkanes) is 3. The van der Waals surface area contributed by atoms with E-state index in [4.69, 9.17) is 4.84 Å². The molecule has 3 aliphatic rings. The number of imide groups is 1. The second kappa shape index (κ2) is 14.2. The van der Waals surface area contributed by atoms with Crippen LogP contribution in [0.25, 0.3) is 21.5 Å². The molecule has 7 heteroatoms. The van der Waals surface area contributed by atoms with Gasteiger partial charge in [-0.25, -0.2) is 4.79 Å². The molecule has 0 atom stereocenters. The van der Waals surface area contributed by atoms with E-state index >= 15 is 0 Å². The molecule has 52 heavy (non-hydrogen) atoms. The lowest BCUT2D eigenvalue weighted by Crippen LogP contribution is -2.31. The van der Waals surface area contributed by atoms with Crippen molar-refractivity contribution in [1.82, 2.24) is 5.06 Å². The second-order valence-electron chi connectivity index (χ2n) is 15.4. The zero-order valence-corrected chi connectivity index (χ0v) is 31.2. The molecular weight excluding hydrogens is 647 g/mol. The lowest BCUT2D eigenvalue weighted by atomic mass is 9.79. The first kappa shape index (κ1) is 35.4. The highest BCUT2D eigenvalue weighted by Gasteiger charge is 2.46. The van der Waals surface area contributed by atoms with Gasteiger partial charge < -0.3 is 9.74 Å². The number of amides is 2. The van der Waals surface area contributed by atoms with Gasteiger partial charge in [0, 0.05) is 66.7 Å². The number of rotatable bonds is 12. The predicted molar refractivity (Wildman–Crippen MR) is 209 cm³/mol. The topological polar surface area (TPSA) is 69.9 Å². The Morgan fingerprint density at radius 3 is 2.13 bits per heavy atom. The van der Waals surface area contributed by atoms with Gasteiger partial charge >= 0.3 is 5.97 Å². The van der Waals surface area contributed by atoms with Crippen LogP contribution in [0.5, 0.6) is 0 Å². The van der Waals surface area contributed by atoms with E-state index < -0.39 is 17.8 Å². The molecule has 7 rings (SSSR count). The molecule has 0 saturated carbocycles. The van der Waals surface area contributed by atoms with E-state index in [1.807, 2.05) is 0 Å². The van der Waals surface area contributed by atoms with Crippen molar-refractivity contribution in [3.05, 3.63) is 108 Å². The summed E-state index contributed by atoms with van der Waals surface area (Å²) >= 11 is 0.